The largest absolute Gasteiger partial charge is 0.380 e. The third kappa shape index (κ3) is 3.66. The fourth-order valence-corrected chi connectivity index (χ4v) is 2.58. The number of sulfonamides is 1. The molecule has 0 spiro atoms. The van der Waals surface area contributed by atoms with Gasteiger partial charge in [0.05, 0.1) is 19.0 Å². The van der Waals surface area contributed by atoms with E-state index in [0.717, 1.165) is 18.0 Å². The Morgan fingerprint density at radius 3 is 2.65 bits per heavy atom. The highest BCUT2D eigenvalue weighted by Crippen LogP contribution is 2.17. The molecule has 0 aliphatic heterocycles. The summed E-state index contributed by atoms with van der Waals surface area (Å²) < 4.78 is 31.7. The molecule has 0 radical (unpaired) electrons. The van der Waals surface area contributed by atoms with Crippen LogP contribution < -0.4 is 4.72 Å². The molecule has 20 heavy (non-hydrogen) atoms. The summed E-state index contributed by atoms with van der Waals surface area (Å²) >= 11 is 5.53. The van der Waals surface area contributed by atoms with Gasteiger partial charge in [-0.05, 0) is 29.3 Å². The summed E-state index contributed by atoms with van der Waals surface area (Å²) in [6, 6.07) is 6.92. The van der Waals surface area contributed by atoms with Gasteiger partial charge in [-0.15, -0.1) is 0 Å². The summed E-state index contributed by atoms with van der Waals surface area (Å²) in [5, 5.41) is -0.00829. The van der Waals surface area contributed by atoms with Gasteiger partial charge in [0.1, 0.15) is 4.90 Å². The van der Waals surface area contributed by atoms with Crippen molar-refractivity contribution < 1.29 is 13.2 Å². The molecule has 8 heteroatoms. The van der Waals surface area contributed by atoms with Crippen molar-refractivity contribution in [3.8, 4) is 0 Å². The van der Waals surface area contributed by atoms with Crippen LogP contribution in [0.5, 0.6) is 0 Å². The van der Waals surface area contributed by atoms with Crippen LogP contribution in [0.1, 0.15) is 5.56 Å². The molecule has 1 N–H and O–H groups in total. The van der Waals surface area contributed by atoms with E-state index >= 15 is 0 Å². The van der Waals surface area contributed by atoms with Crippen molar-refractivity contribution in [1.82, 2.24) is 9.97 Å². The lowest BCUT2D eigenvalue weighted by Crippen LogP contribution is -2.13. The first-order chi connectivity index (χ1) is 9.51. The van der Waals surface area contributed by atoms with Crippen molar-refractivity contribution in [2.45, 2.75) is 11.5 Å². The van der Waals surface area contributed by atoms with E-state index in [4.69, 9.17) is 16.3 Å². The van der Waals surface area contributed by atoms with Crippen molar-refractivity contribution in [2.24, 2.45) is 0 Å². The van der Waals surface area contributed by atoms with Crippen LogP contribution >= 0.6 is 11.6 Å². The Kier molecular flexibility index (Phi) is 4.53. The van der Waals surface area contributed by atoms with Crippen LogP contribution in [0.25, 0.3) is 0 Å². The number of hydrogen-bond acceptors (Lipinski definition) is 5. The summed E-state index contributed by atoms with van der Waals surface area (Å²) in [5.74, 6) is 0. The standard InChI is InChI=1S/C12H12ClN3O3S/c1-19-8-9-3-2-4-10(5-9)16-20(17,18)11-6-14-12(13)15-7-11/h2-7,16H,8H2,1H3. The van der Waals surface area contributed by atoms with E-state index in [1.54, 1.807) is 25.3 Å². The number of anilines is 1. The zero-order valence-corrected chi connectivity index (χ0v) is 12.1. The molecule has 2 aromatic rings. The number of halogens is 1. The Morgan fingerprint density at radius 1 is 1.30 bits per heavy atom. The second-order valence-corrected chi connectivity index (χ2v) is 5.95. The van der Waals surface area contributed by atoms with Crippen molar-refractivity contribution in [1.29, 1.82) is 0 Å². The van der Waals surface area contributed by atoms with Crippen LogP contribution in [0.15, 0.2) is 41.6 Å². The number of rotatable bonds is 5. The van der Waals surface area contributed by atoms with Crippen molar-refractivity contribution in [3.63, 3.8) is 0 Å². The predicted molar refractivity (Wildman–Crippen MR) is 75.0 cm³/mol. The van der Waals surface area contributed by atoms with Crippen molar-refractivity contribution in [2.75, 3.05) is 11.8 Å². The Hall–Kier alpha value is -1.70. The van der Waals surface area contributed by atoms with Crippen LogP contribution in [0.4, 0.5) is 5.69 Å². The van der Waals surface area contributed by atoms with E-state index in [2.05, 4.69) is 14.7 Å². The molecule has 0 saturated carbocycles. The highest BCUT2D eigenvalue weighted by Gasteiger charge is 2.15. The Bertz CT molecular complexity index is 689. The molecule has 0 amide bonds. The van der Waals surface area contributed by atoms with Crippen molar-refractivity contribution >= 4 is 27.3 Å². The Morgan fingerprint density at radius 2 is 2.00 bits per heavy atom. The molecule has 0 bridgehead atoms. The van der Waals surface area contributed by atoms with E-state index in [9.17, 15) is 8.42 Å². The van der Waals surface area contributed by atoms with Crippen LogP contribution in [0.2, 0.25) is 5.28 Å². The smallest absolute Gasteiger partial charge is 0.264 e. The SMILES string of the molecule is COCc1cccc(NS(=O)(=O)c2cnc(Cl)nc2)c1. The average molecular weight is 314 g/mol. The molecule has 1 heterocycles. The van der Waals surface area contributed by atoms with E-state index < -0.39 is 10.0 Å². The zero-order chi connectivity index (χ0) is 14.6. The molecular formula is C12H12ClN3O3S. The molecule has 0 aliphatic rings. The van der Waals surface area contributed by atoms with Gasteiger partial charge in [-0.25, -0.2) is 18.4 Å². The first-order valence-electron chi connectivity index (χ1n) is 5.59. The van der Waals surface area contributed by atoms with Gasteiger partial charge in [-0.2, -0.15) is 0 Å². The molecule has 0 aliphatic carbocycles. The highest BCUT2D eigenvalue weighted by molar-refractivity contribution is 7.92. The second kappa shape index (κ2) is 6.17. The van der Waals surface area contributed by atoms with Gasteiger partial charge in [0, 0.05) is 12.8 Å². The maximum absolute atomic E-state index is 12.1. The minimum absolute atomic E-state index is 0.00829. The lowest BCUT2D eigenvalue weighted by Gasteiger charge is -2.09. The van der Waals surface area contributed by atoms with Crippen LogP contribution in [-0.2, 0) is 21.4 Å². The lowest BCUT2D eigenvalue weighted by atomic mass is 10.2. The van der Waals surface area contributed by atoms with Gasteiger partial charge in [-0.3, -0.25) is 4.72 Å². The number of hydrogen-bond donors (Lipinski definition) is 1. The predicted octanol–water partition coefficient (Wildman–Crippen LogP) is 2.08. The summed E-state index contributed by atoms with van der Waals surface area (Å²) in [5.41, 5.74) is 1.30. The summed E-state index contributed by atoms with van der Waals surface area (Å²) in [7, 11) is -2.16. The number of aromatic nitrogens is 2. The summed E-state index contributed by atoms with van der Waals surface area (Å²) in [6.07, 6.45) is 2.30. The third-order valence-electron chi connectivity index (χ3n) is 2.40. The average Bonchev–Trinajstić information content (AvgIpc) is 2.39. The molecule has 0 saturated heterocycles. The minimum Gasteiger partial charge on any atom is -0.380 e. The van der Waals surface area contributed by atoms with E-state index in [1.165, 1.54) is 0 Å². The first kappa shape index (κ1) is 14.7. The van der Waals surface area contributed by atoms with Crippen LogP contribution in [0, 0.1) is 0 Å². The third-order valence-corrected chi connectivity index (χ3v) is 3.93. The fraction of sp³-hybridized carbons (Fsp3) is 0.167. The molecule has 6 nitrogen and oxygen atoms in total. The number of nitrogens with one attached hydrogen (secondary N) is 1. The van der Waals surface area contributed by atoms with Crippen molar-refractivity contribution in [3.05, 3.63) is 47.5 Å². The molecule has 0 unspecified atom stereocenters. The van der Waals surface area contributed by atoms with Gasteiger partial charge in [0.2, 0.25) is 5.28 Å². The molecule has 2 rings (SSSR count). The maximum atomic E-state index is 12.1. The van der Waals surface area contributed by atoms with Gasteiger partial charge in [0.15, 0.2) is 0 Å². The quantitative estimate of drug-likeness (QED) is 0.855. The monoisotopic (exact) mass is 313 g/mol. The van der Waals surface area contributed by atoms with Crippen LogP contribution in [0.3, 0.4) is 0 Å². The zero-order valence-electron chi connectivity index (χ0n) is 10.6. The second-order valence-electron chi connectivity index (χ2n) is 3.93. The normalized spacial score (nSPS) is 11.3. The molecule has 1 aromatic heterocycles. The van der Waals surface area contributed by atoms with E-state index in [0.29, 0.717) is 12.3 Å². The van der Waals surface area contributed by atoms with E-state index in [-0.39, 0.29) is 10.2 Å². The minimum atomic E-state index is -3.74. The molecular weight excluding hydrogens is 302 g/mol. The number of nitrogens with zero attached hydrogens (tertiary/aromatic N) is 2. The summed E-state index contributed by atoms with van der Waals surface area (Å²) in [4.78, 5) is 7.24. The Labute approximate surface area is 121 Å². The number of ether oxygens (including phenoxy) is 1. The van der Waals surface area contributed by atoms with Crippen LogP contribution in [-0.4, -0.2) is 25.5 Å². The first-order valence-corrected chi connectivity index (χ1v) is 7.45. The molecule has 106 valence electrons. The van der Waals surface area contributed by atoms with E-state index in [1.807, 2.05) is 6.07 Å². The van der Waals surface area contributed by atoms with Gasteiger partial charge in [-0.1, -0.05) is 12.1 Å². The van der Waals surface area contributed by atoms with Gasteiger partial charge >= 0.3 is 0 Å². The van der Waals surface area contributed by atoms with Gasteiger partial charge < -0.3 is 4.74 Å². The molecule has 1 aromatic carbocycles. The van der Waals surface area contributed by atoms with Gasteiger partial charge in [0.25, 0.3) is 10.0 Å². The topological polar surface area (TPSA) is 81.2 Å². The number of methoxy groups -OCH3 is 1. The fourth-order valence-electron chi connectivity index (χ4n) is 1.54. The molecule has 0 atom stereocenters. The number of benzene rings is 1. The maximum Gasteiger partial charge on any atom is 0.264 e. The Balaban J connectivity index is 2.24. The molecule has 0 fully saturated rings. The summed E-state index contributed by atoms with van der Waals surface area (Å²) in [6.45, 7) is 0.402. The lowest BCUT2D eigenvalue weighted by molar-refractivity contribution is 0.185. The highest BCUT2D eigenvalue weighted by atomic mass is 35.5.